The fourth-order valence-corrected chi connectivity index (χ4v) is 4.90. The molecule has 2 aliphatic rings. The third-order valence-electron chi connectivity index (χ3n) is 5.48. The van der Waals surface area contributed by atoms with Gasteiger partial charge in [-0.05, 0) is 56.3 Å². The van der Waals surface area contributed by atoms with Crippen LogP contribution in [0.15, 0.2) is 0 Å². The molecule has 2 fully saturated rings. The van der Waals surface area contributed by atoms with E-state index in [1.165, 1.54) is 38.5 Å². The summed E-state index contributed by atoms with van der Waals surface area (Å²) in [7, 11) is 0. The molecule has 2 aliphatic carbocycles. The summed E-state index contributed by atoms with van der Waals surface area (Å²) in [6.45, 7) is 2.32. The van der Waals surface area contributed by atoms with Crippen molar-refractivity contribution in [3.05, 3.63) is 0 Å². The molecule has 0 spiro atoms. The monoisotopic (exact) mass is 362 g/mol. The van der Waals surface area contributed by atoms with Crippen molar-refractivity contribution in [2.45, 2.75) is 87.9 Å². The minimum absolute atomic E-state index is 0.990. The molecule has 0 nitrogen and oxygen atoms in total. The lowest BCUT2D eigenvalue weighted by atomic mass is 9.70. The molecule has 0 aromatic heterocycles. The predicted molar refractivity (Wildman–Crippen MR) is 89.4 cm³/mol. The van der Waals surface area contributed by atoms with Gasteiger partial charge in [0.1, 0.15) is 0 Å². The summed E-state index contributed by atoms with van der Waals surface area (Å²) in [5, 5.41) is 0. The first-order valence-corrected chi connectivity index (χ1v) is 9.68. The summed E-state index contributed by atoms with van der Waals surface area (Å²) in [5.74, 6) is 3.30. The predicted octanol–water partition coefficient (Wildman–Crippen LogP) is 6.37. The quantitative estimate of drug-likeness (QED) is 0.303. The zero-order valence-corrected chi connectivity index (χ0v) is 14.3. The van der Waals surface area contributed by atoms with Crippen LogP contribution in [0.2, 0.25) is 0 Å². The highest BCUT2D eigenvalue weighted by Crippen LogP contribution is 2.42. The number of alkyl halides is 1. The van der Waals surface area contributed by atoms with Crippen molar-refractivity contribution in [1.29, 1.82) is 0 Å². The van der Waals surface area contributed by atoms with Crippen LogP contribution >= 0.6 is 22.6 Å². The van der Waals surface area contributed by atoms with Gasteiger partial charge in [0.05, 0.1) is 0 Å². The normalized spacial score (nSPS) is 37.7. The largest absolute Gasteiger partial charge is 0.0826 e. The minimum atomic E-state index is 0.990. The maximum absolute atomic E-state index is 2.66. The van der Waals surface area contributed by atoms with Crippen LogP contribution in [0.5, 0.6) is 0 Å². The van der Waals surface area contributed by atoms with Crippen LogP contribution in [0, 0.1) is 17.8 Å². The number of hydrogen-bond acceptors (Lipinski definition) is 0. The van der Waals surface area contributed by atoms with Gasteiger partial charge in [-0.25, -0.2) is 0 Å². The Kier molecular flexibility index (Phi) is 6.82. The van der Waals surface area contributed by atoms with Crippen molar-refractivity contribution >= 4 is 22.6 Å². The molecule has 0 amide bonds. The van der Waals surface area contributed by atoms with Gasteiger partial charge >= 0.3 is 0 Å². The van der Waals surface area contributed by atoms with E-state index in [4.69, 9.17) is 0 Å². The standard InChI is InChI=1S/C17H31I/c1-2-3-4-5-14-6-8-15(9-7-14)16-10-12-17(18)13-11-16/h14-17H,2-13H2,1H3. The lowest BCUT2D eigenvalue weighted by Gasteiger charge is -2.37. The van der Waals surface area contributed by atoms with Gasteiger partial charge in [-0.1, -0.05) is 68.0 Å². The van der Waals surface area contributed by atoms with Gasteiger partial charge in [-0.2, -0.15) is 0 Å². The second-order valence-corrected chi connectivity index (χ2v) is 8.55. The molecule has 0 heterocycles. The third-order valence-corrected chi connectivity index (χ3v) is 6.72. The summed E-state index contributed by atoms with van der Waals surface area (Å²) in [6.07, 6.45) is 18.2. The maximum atomic E-state index is 2.66. The Morgan fingerprint density at radius 2 is 1.33 bits per heavy atom. The van der Waals surface area contributed by atoms with Crippen LogP contribution < -0.4 is 0 Å². The molecule has 1 heteroatoms. The van der Waals surface area contributed by atoms with Gasteiger partial charge in [0.25, 0.3) is 0 Å². The first-order chi connectivity index (χ1) is 8.79. The molecule has 0 N–H and O–H groups in total. The van der Waals surface area contributed by atoms with Crippen LogP contribution in [-0.2, 0) is 0 Å². The lowest BCUT2D eigenvalue weighted by Crippen LogP contribution is -2.25. The van der Waals surface area contributed by atoms with Crippen LogP contribution in [-0.4, -0.2) is 3.92 Å². The van der Waals surface area contributed by atoms with Gasteiger partial charge < -0.3 is 0 Å². The average Bonchev–Trinajstić information content (AvgIpc) is 2.41. The van der Waals surface area contributed by atoms with E-state index < -0.39 is 0 Å². The third kappa shape index (κ3) is 4.68. The van der Waals surface area contributed by atoms with E-state index in [1.807, 2.05) is 0 Å². The van der Waals surface area contributed by atoms with Crippen LogP contribution in [0.3, 0.4) is 0 Å². The Morgan fingerprint density at radius 1 is 0.778 bits per heavy atom. The van der Waals surface area contributed by atoms with Gasteiger partial charge in [0, 0.05) is 3.92 Å². The van der Waals surface area contributed by atoms with E-state index in [0.29, 0.717) is 0 Å². The molecule has 0 aromatic carbocycles. The molecule has 2 saturated carbocycles. The van der Waals surface area contributed by atoms with Crippen LogP contribution in [0.4, 0.5) is 0 Å². The maximum Gasteiger partial charge on any atom is 0.0110 e. The highest BCUT2D eigenvalue weighted by atomic mass is 127. The summed E-state index contributed by atoms with van der Waals surface area (Å²) < 4.78 is 0.990. The van der Waals surface area contributed by atoms with Gasteiger partial charge in [-0.3, -0.25) is 0 Å². The van der Waals surface area contributed by atoms with Gasteiger partial charge in [0.15, 0.2) is 0 Å². The van der Waals surface area contributed by atoms with E-state index in [2.05, 4.69) is 29.5 Å². The molecule has 18 heavy (non-hydrogen) atoms. The Labute approximate surface area is 128 Å². The molecular formula is C17H31I. The van der Waals surface area contributed by atoms with E-state index in [9.17, 15) is 0 Å². The van der Waals surface area contributed by atoms with Crippen LogP contribution in [0.1, 0.15) is 84.0 Å². The number of rotatable bonds is 5. The van der Waals surface area contributed by atoms with E-state index in [0.717, 1.165) is 21.7 Å². The molecule has 2 rings (SSSR count). The number of hydrogen-bond donors (Lipinski definition) is 0. The zero-order chi connectivity index (χ0) is 12.8. The first kappa shape index (κ1) is 15.1. The van der Waals surface area contributed by atoms with Crippen molar-refractivity contribution in [3.63, 3.8) is 0 Å². The summed E-state index contributed by atoms with van der Waals surface area (Å²) in [6, 6.07) is 0. The Bertz CT molecular complexity index is 210. The molecule has 0 atom stereocenters. The molecule has 0 aromatic rings. The fourth-order valence-electron chi connectivity index (χ4n) is 4.18. The van der Waals surface area contributed by atoms with Gasteiger partial charge in [-0.15, -0.1) is 0 Å². The molecule has 0 saturated heterocycles. The molecule has 106 valence electrons. The van der Waals surface area contributed by atoms with E-state index >= 15 is 0 Å². The summed E-state index contributed by atoms with van der Waals surface area (Å²) in [4.78, 5) is 0. The van der Waals surface area contributed by atoms with Crippen molar-refractivity contribution in [2.24, 2.45) is 17.8 Å². The van der Waals surface area contributed by atoms with Crippen molar-refractivity contribution in [1.82, 2.24) is 0 Å². The zero-order valence-electron chi connectivity index (χ0n) is 12.2. The second-order valence-electron chi connectivity index (χ2n) is 6.79. The summed E-state index contributed by atoms with van der Waals surface area (Å²) in [5.41, 5.74) is 0. The summed E-state index contributed by atoms with van der Waals surface area (Å²) >= 11 is 2.66. The van der Waals surface area contributed by atoms with E-state index in [-0.39, 0.29) is 0 Å². The smallest absolute Gasteiger partial charge is 0.0110 e. The Balaban J connectivity index is 1.63. The Hall–Kier alpha value is 0.730. The van der Waals surface area contributed by atoms with E-state index in [1.54, 1.807) is 38.5 Å². The Morgan fingerprint density at radius 3 is 1.89 bits per heavy atom. The number of halogens is 1. The van der Waals surface area contributed by atoms with Crippen LogP contribution in [0.25, 0.3) is 0 Å². The number of unbranched alkanes of at least 4 members (excludes halogenated alkanes) is 2. The minimum Gasteiger partial charge on any atom is -0.0826 e. The van der Waals surface area contributed by atoms with Crippen molar-refractivity contribution in [3.8, 4) is 0 Å². The molecule has 0 aliphatic heterocycles. The average molecular weight is 362 g/mol. The lowest BCUT2D eigenvalue weighted by molar-refractivity contribution is 0.165. The first-order valence-electron chi connectivity index (χ1n) is 8.43. The van der Waals surface area contributed by atoms with Crippen molar-refractivity contribution < 1.29 is 0 Å². The SMILES string of the molecule is CCCCCC1CCC(C2CCC(I)CC2)CC1. The second kappa shape index (κ2) is 8.11. The van der Waals surface area contributed by atoms with Crippen molar-refractivity contribution in [2.75, 3.05) is 0 Å². The molecule has 0 bridgehead atoms. The topological polar surface area (TPSA) is 0 Å². The molecular weight excluding hydrogens is 331 g/mol. The fraction of sp³-hybridized carbons (Fsp3) is 1.00. The molecule has 0 radical (unpaired) electrons. The van der Waals surface area contributed by atoms with Gasteiger partial charge in [0.2, 0.25) is 0 Å². The highest BCUT2D eigenvalue weighted by Gasteiger charge is 2.29. The molecule has 0 unspecified atom stereocenters. The highest BCUT2D eigenvalue weighted by molar-refractivity contribution is 14.1.